The fourth-order valence-electron chi connectivity index (χ4n) is 6.85. The summed E-state index contributed by atoms with van der Waals surface area (Å²) < 4.78 is 17.3. The number of unbranched alkanes of at least 4 members (excludes halogenated alkanes) is 24. The molecule has 0 heterocycles. The molecule has 0 amide bonds. The first-order valence-corrected chi connectivity index (χ1v) is 24.8. The van der Waals surface area contributed by atoms with Crippen molar-refractivity contribution in [2.75, 3.05) is 19.8 Å². The maximum atomic E-state index is 12.7. The van der Waals surface area contributed by atoms with E-state index in [0.717, 1.165) is 89.9 Å². The molecule has 0 aliphatic rings. The highest BCUT2D eigenvalue weighted by Crippen LogP contribution is 2.14. The van der Waals surface area contributed by atoms with Gasteiger partial charge in [-0.15, -0.1) is 0 Å². The maximum Gasteiger partial charge on any atom is 0.306 e. The minimum absolute atomic E-state index is 0.0715. The second-order valence-corrected chi connectivity index (χ2v) is 16.3. The lowest BCUT2D eigenvalue weighted by molar-refractivity contribution is -0.163. The van der Waals surface area contributed by atoms with Crippen molar-refractivity contribution in [3.05, 3.63) is 60.8 Å². The molecule has 0 saturated heterocycles. The fourth-order valence-corrected chi connectivity index (χ4v) is 6.85. The fraction of sp³-hybridized carbons (Fsp3) is 0.774. The zero-order valence-electron chi connectivity index (χ0n) is 38.6. The van der Waals surface area contributed by atoms with Gasteiger partial charge in [-0.1, -0.05) is 204 Å². The summed E-state index contributed by atoms with van der Waals surface area (Å²) in [6, 6.07) is 0. The summed E-state index contributed by atoms with van der Waals surface area (Å²) in [6.45, 7) is 7.68. The molecule has 0 radical (unpaired) electrons. The predicted octanol–water partition coefficient (Wildman–Crippen LogP) is 16.6. The van der Waals surface area contributed by atoms with Crippen LogP contribution in [0, 0.1) is 0 Å². The van der Waals surface area contributed by atoms with Crippen molar-refractivity contribution in [3.8, 4) is 0 Å². The molecular weight excluding hydrogens is 717 g/mol. The molecule has 0 saturated carbocycles. The van der Waals surface area contributed by atoms with Crippen LogP contribution in [-0.2, 0) is 23.8 Å². The first-order valence-electron chi connectivity index (χ1n) is 24.8. The van der Waals surface area contributed by atoms with Crippen molar-refractivity contribution in [2.24, 2.45) is 0 Å². The number of esters is 2. The van der Waals surface area contributed by atoms with Crippen LogP contribution in [0.3, 0.4) is 0 Å². The van der Waals surface area contributed by atoms with Crippen LogP contribution in [0.1, 0.15) is 239 Å². The molecular formula is C53H94O5. The summed E-state index contributed by atoms with van der Waals surface area (Å²) in [7, 11) is 0. The van der Waals surface area contributed by atoms with E-state index in [1.54, 1.807) is 0 Å². The highest BCUT2D eigenvalue weighted by atomic mass is 16.6. The van der Waals surface area contributed by atoms with Gasteiger partial charge in [0.25, 0.3) is 0 Å². The van der Waals surface area contributed by atoms with Crippen LogP contribution < -0.4 is 0 Å². The lowest BCUT2D eigenvalue weighted by Crippen LogP contribution is -2.30. The third-order valence-corrected chi connectivity index (χ3v) is 10.5. The monoisotopic (exact) mass is 811 g/mol. The summed E-state index contributed by atoms with van der Waals surface area (Å²) in [5.74, 6) is -0.426. The normalized spacial score (nSPS) is 12.7. The second-order valence-electron chi connectivity index (χ2n) is 16.3. The molecule has 0 bridgehead atoms. The van der Waals surface area contributed by atoms with Gasteiger partial charge in [0.15, 0.2) is 6.10 Å². The van der Waals surface area contributed by atoms with E-state index in [1.165, 1.54) is 116 Å². The smallest absolute Gasteiger partial charge is 0.306 e. The number of carbonyl (C=O) groups is 2. The Morgan fingerprint density at radius 1 is 0.397 bits per heavy atom. The Balaban J connectivity index is 4.21. The topological polar surface area (TPSA) is 61.8 Å². The number of hydrogen-bond donors (Lipinski definition) is 0. The van der Waals surface area contributed by atoms with Crippen LogP contribution in [-0.4, -0.2) is 37.9 Å². The third kappa shape index (κ3) is 46.3. The van der Waals surface area contributed by atoms with Gasteiger partial charge in [0, 0.05) is 19.4 Å². The van der Waals surface area contributed by atoms with Crippen LogP contribution in [0.15, 0.2) is 60.8 Å². The SMILES string of the molecule is CC/C=C\C/C=C\C/C=C\C/C=C\CCCCCCC(=O)OCC(COCCCCCCCCCC)OC(=O)CCCCCCCCC/C=C\CCCCCCCC. The van der Waals surface area contributed by atoms with Gasteiger partial charge in [0.05, 0.1) is 6.61 Å². The van der Waals surface area contributed by atoms with Gasteiger partial charge in [-0.25, -0.2) is 0 Å². The molecule has 0 spiro atoms. The van der Waals surface area contributed by atoms with Crippen molar-refractivity contribution < 1.29 is 23.8 Å². The summed E-state index contributed by atoms with van der Waals surface area (Å²) >= 11 is 0. The van der Waals surface area contributed by atoms with Crippen molar-refractivity contribution >= 4 is 11.9 Å². The van der Waals surface area contributed by atoms with Crippen LogP contribution in [0.5, 0.6) is 0 Å². The zero-order chi connectivity index (χ0) is 42.1. The standard InChI is InChI=1S/C53H94O5/c1-4-7-10-13-16-19-21-23-25-27-29-31-33-35-37-40-43-46-52(54)57-50-51(49-56-48-45-42-39-18-15-12-9-6-3)58-53(55)47-44-41-38-36-34-32-30-28-26-24-22-20-17-14-11-8-5-2/h7,10,16,19,23-26,29,31,51H,4-6,8-9,11-15,17-18,20-22,27-28,30,32-50H2,1-3H3/b10-7-,19-16-,25-23-,26-24-,31-29-. The highest BCUT2D eigenvalue weighted by molar-refractivity contribution is 5.70. The number of allylic oxidation sites excluding steroid dienone is 10. The largest absolute Gasteiger partial charge is 0.462 e. The molecule has 1 atom stereocenters. The molecule has 1 unspecified atom stereocenters. The van der Waals surface area contributed by atoms with Crippen molar-refractivity contribution in [1.82, 2.24) is 0 Å². The molecule has 0 aliphatic heterocycles. The van der Waals surface area contributed by atoms with Crippen LogP contribution in [0.2, 0.25) is 0 Å². The Morgan fingerprint density at radius 2 is 0.776 bits per heavy atom. The minimum atomic E-state index is -0.545. The number of rotatable bonds is 45. The molecule has 0 rings (SSSR count). The third-order valence-electron chi connectivity index (χ3n) is 10.5. The highest BCUT2D eigenvalue weighted by Gasteiger charge is 2.17. The lowest BCUT2D eigenvalue weighted by Gasteiger charge is -2.18. The Hall–Kier alpha value is -2.40. The molecule has 0 N–H and O–H groups in total. The molecule has 0 fully saturated rings. The van der Waals surface area contributed by atoms with Gasteiger partial charge < -0.3 is 14.2 Å². The van der Waals surface area contributed by atoms with E-state index >= 15 is 0 Å². The summed E-state index contributed by atoms with van der Waals surface area (Å²) in [5.41, 5.74) is 0. The van der Waals surface area contributed by atoms with Crippen molar-refractivity contribution in [1.29, 1.82) is 0 Å². The summed E-state index contributed by atoms with van der Waals surface area (Å²) in [6.07, 6.45) is 60.8. The van der Waals surface area contributed by atoms with Crippen LogP contribution >= 0.6 is 0 Å². The first kappa shape index (κ1) is 55.6. The van der Waals surface area contributed by atoms with Crippen molar-refractivity contribution in [2.45, 2.75) is 245 Å². The molecule has 336 valence electrons. The van der Waals surface area contributed by atoms with E-state index in [1.807, 2.05) is 0 Å². The van der Waals surface area contributed by atoms with E-state index in [9.17, 15) is 9.59 Å². The molecule has 0 aliphatic carbocycles. The zero-order valence-corrected chi connectivity index (χ0v) is 38.6. The Morgan fingerprint density at radius 3 is 1.26 bits per heavy atom. The molecule has 58 heavy (non-hydrogen) atoms. The minimum Gasteiger partial charge on any atom is -0.462 e. The van der Waals surface area contributed by atoms with Gasteiger partial charge in [0.2, 0.25) is 0 Å². The Kier molecular flexibility index (Phi) is 46.9. The van der Waals surface area contributed by atoms with Gasteiger partial charge in [0.1, 0.15) is 6.61 Å². The average molecular weight is 811 g/mol. The maximum absolute atomic E-state index is 12.7. The predicted molar refractivity (Wildman–Crippen MR) is 251 cm³/mol. The van der Waals surface area contributed by atoms with Gasteiger partial charge in [-0.3, -0.25) is 9.59 Å². The summed E-state index contributed by atoms with van der Waals surface area (Å²) in [4.78, 5) is 25.3. The molecule has 0 aromatic rings. The van der Waals surface area contributed by atoms with E-state index in [-0.39, 0.29) is 25.2 Å². The summed E-state index contributed by atoms with van der Waals surface area (Å²) in [5, 5.41) is 0. The van der Waals surface area contributed by atoms with Crippen LogP contribution in [0.25, 0.3) is 0 Å². The van der Waals surface area contributed by atoms with Gasteiger partial charge in [-0.2, -0.15) is 0 Å². The lowest BCUT2D eigenvalue weighted by atomic mass is 10.1. The Bertz CT molecular complexity index is 1010. The van der Waals surface area contributed by atoms with Crippen molar-refractivity contribution in [3.63, 3.8) is 0 Å². The molecule has 0 aromatic carbocycles. The number of ether oxygens (including phenoxy) is 3. The Labute approximate surface area is 360 Å². The van der Waals surface area contributed by atoms with Gasteiger partial charge >= 0.3 is 11.9 Å². The molecule has 0 aromatic heterocycles. The number of carbonyl (C=O) groups excluding carboxylic acids is 2. The van der Waals surface area contributed by atoms with E-state index in [4.69, 9.17) is 14.2 Å². The van der Waals surface area contributed by atoms with E-state index in [2.05, 4.69) is 81.5 Å². The number of hydrogen-bond acceptors (Lipinski definition) is 5. The van der Waals surface area contributed by atoms with Crippen LogP contribution in [0.4, 0.5) is 0 Å². The van der Waals surface area contributed by atoms with Gasteiger partial charge in [-0.05, 0) is 83.5 Å². The first-order chi connectivity index (χ1) is 28.6. The van der Waals surface area contributed by atoms with E-state index in [0.29, 0.717) is 19.4 Å². The second kappa shape index (κ2) is 49.0. The molecule has 5 nitrogen and oxygen atoms in total. The average Bonchev–Trinajstić information content (AvgIpc) is 3.22. The molecule has 5 heteroatoms. The van der Waals surface area contributed by atoms with E-state index < -0.39 is 6.10 Å². The quantitative estimate of drug-likeness (QED) is 0.0348.